The van der Waals surface area contributed by atoms with Crippen LogP contribution in [0, 0.1) is 10.8 Å². The smallest absolute Gasteiger partial charge is 0.169 e. The molecule has 0 heterocycles. The predicted octanol–water partition coefficient (Wildman–Crippen LogP) is 6.22. The Morgan fingerprint density at radius 2 is 1.33 bits per heavy atom. The van der Waals surface area contributed by atoms with Crippen molar-refractivity contribution >= 4 is 39.1 Å². The maximum Gasteiger partial charge on any atom is 0.169 e. The third-order valence-corrected chi connectivity index (χ3v) is 5.65. The Hall–Kier alpha value is -1.45. The molecule has 0 aliphatic carbocycles. The Kier molecular flexibility index (Phi) is 5.36. The van der Waals surface area contributed by atoms with Crippen molar-refractivity contribution in [3.05, 3.63) is 69.2 Å². The van der Waals surface area contributed by atoms with Crippen LogP contribution in [0.3, 0.4) is 0 Å². The lowest BCUT2D eigenvalue weighted by molar-refractivity contribution is 0.0476. The van der Waals surface area contributed by atoms with Crippen LogP contribution in [-0.2, 0) is 0 Å². The molecule has 0 bridgehead atoms. The fourth-order valence-corrected chi connectivity index (χ4v) is 2.97. The molecule has 0 saturated heterocycles. The minimum Gasteiger partial charge on any atom is -0.294 e. The van der Waals surface area contributed by atoms with Gasteiger partial charge in [0.25, 0.3) is 0 Å². The van der Waals surface area contributed by atoms with Crippen LogP contribution in [0.15, 0.2) is 53.0 Å². The van der Waals surface area contributed by atoms with Crippen molar-refractivity contribution in [1.82, 2.24) is 0 Å². The van der Waals surface area contributed by atoms with Crippen LogP contribution in [-0.4, -0.2) is 11.6 Å². The van der Waals surface area contributed by atoms with E-state index in [0.29, 0.717) is 16.1 Å². The van der Waals surface area contributed by atoms with Crippen LogP contribution in [0.4, 0.5) is 0 Å². The minimum atomic E-state index is -0.887. The molecule has 0 saturated carbocycles. The highest BCUT2D eigenvalue weighted by Crippen LogP contribution is 2.43. The first-order valence-electron chi connectivity index (χ1n) is 7.68. The van der Waals surface area contributed by atoms with Gasteiger partial charge in [-0.15, -0.1) is 0 Å². The van der Waals surface area contributed by atoms with Gasteiger partial charge in [-0.2, -0.15) is 0 Å². The number of hydrogen-bond donors (Lipinski definition) is 0. The molecular weight excluding hydrogens is 388 g/mol. The van der Waals surface area contributed by atoms with E-state index in [1.54, 1.807) is 36.4 Å². The number of rotatable bonds is 5. The molecular formula is C20H20BrClO2. The van der Waals surface area contributed by atoms with Crippen molar-refractivity contribution in [2.24, 2.45) is 10.8 Å². The molecule has 0 fully saturated rings. The molecule has 0 unspecified atom stereocenters. The summed E-state index contributed by atoms with van der Waals surface area (Å²) in [4.78, 5) is 26.1. The standard InChI is InChI=1S/C20H20BrClO2/c1-19(2,17(23)13-8-10-15(21)11-9-13)20(3,4)18(24)14-6-5-7-16(22)12-14/h5-12H,1-4H3. The normalized spacial score (nSPS) is 12.1. The van der Waals surface area contributed by atoms with Crippen LogP contribution in [0.2, 0.25) is 5.02 Å². The SMILES string of the molecule is CC(C)(C(=O)c1ccc(Br)cc1)C(C)(C)C(=O)c1cccc(Cl)c1. The molecule has 126 valence electrons. The van der Waals surface area contributed by atoms with Gasteiger partial charge in [-0.3, -0.25) is 9.59 Å². The lowest BCUT2D eigenvalue weighted by Gasteiger charge is -2.39. The van der Waals surface area contributed by atoms with E-state index in [9.17, 15) is 9.59 Å². The summed E-state index contributed by atoms with van der Waals surface area (Å²) in [6.45, 7) is 7.26. The number of carbonyl (C=O) groups excluding carboxylic acids is 2. The lowest BCUT2D eigenvalue weighted by Crippen LogP contribution is -2.45. The molecule has 0 amide bonds. The van der Waals surface area contributed by atoms with E-state index in [4.69, 9.17) is 11.6 Å². The third kappa shape index (κ3) is 3.47. The average Bonchev–Trinajstić information content (AvgIpc) is 2.54. The second-order valence-electron chi connectivity index (χ2n) is 6.93. The first-order valence-corrected chi connectivity index (χ1v) is 8.85. The molecule has 2 nitrogen and oxygen atoms in total. The summed E-state index contributed by atoms with van der Waals surface area (Å²) in [7, 11) is 0. The highest BCUT2D eigenvalue weighted by molar-refractivity contribution is 9.10. The van der Waals surface area contributed by atoms with Gasteiger partial charge in [0.2, 0.25) is 0 Å². The Morgan fingerprint density at radius 1 is 0.833 bits per heavy atom. The van der Waals surface area contributed by atoms with Crippen molar-refractivity contribution < 1.29 is 9.59 Å². The number of hydrogen-bond acceptors (Lipinski definition) is 2. The van der Waals surface area contributed by atoms with E-state index < -0.39 is 10.8 Å². The summed E-state index contributed by atoms with van der Waals surface area (Å²) in [6, 6.07) is 14.0. The molecule has 0 spiro atoms. The first kappa shape index (κ1) is 18.9. The first-order chi connectivity index (χ1) is 11.1. The van der Waals surface area contributed by atoms with Gasteiger partial charge in [-0.1, -0.05) is 79.5 Å². The van der Waals surface area contributed by atoms with Gasteiger partial charge < -0.3 is 0 Å². The molecule has 24 heavy (non-hydrogen) atoms. The molecule has 0 aliphatic rings. The second kappa shape index (κ2) is 6.81. The van der Waals surface area contributed by atoms with Crippen molar-refractivity contribution in [1.29, 1.82) is 0 Å². The molecule has 4 heteroatoms. The Bertz CT molecular complexity index is 776. The average molecular weight is 408 g/mol. The van der Waals surface area contributed by atoms with E-state index >= 15 is 0 Å². The lowest BCUT2D eigenvalue weighted by atomic mass is 9.61. The zero-order valence-electron chi connectivity index (χ0n) is 14.2. The van der Waals surface area contributed by atoms with E-state index in [1.165, 1.54) is 0 Å². The van der Waals surface area contributed by atoms with Crippen molar-refractivity contribution in [3.63, 3.8) is 0 Å². The fraction of sp³-hybridized carbons (Fsp3) is 0.300. The van der Waals surface area contributed by atoms with Crippen molar-refractivity contribution in [3.8, 4) is 0 Å². The Labute approximate surface area is 156 Å². The molecule has 2 aromatic carbocycles. The van der Waals surface area contributed by atoms with E-state index in [2.05, 4.69) is 15.9 Å². The van der Waals surface area contributed by atoms with Gasteiger partial charge >= 0.3 is 0 Å². The van der Waals surface area contributed by atoms with Gasteiger partial charge in [0, 0.05) is 31.5 Å². The predicted molar refractivity (Wildman–Crippen MR) is 102 cm³/mol. The number of halogens is 2. The van der Waals surface area contributed by atoms with Crippen LogP contribution < -0.4 is 0 Å². The van der Waals surface area contributed by atoms with Crippen LogP contribution in [0.5, 0.6) is 0 Å². The van der Waals surface area contributed by atoms with Crippen molar-refractivity contribution in [2.45, 2.75) is 27.7 Å². The number of benzene rings is 2. The molecule has 2 rings (SSSR count). The van der Waals surface area contributed by atoms with Crippen LogP contribution in [0.25, 0.3) is 0 Å². The topological polar surface area (TPSA) is 34.1 Å². The molecule has 0 atom stereocenters. The van der Waals surface area contributed by atoms with Crippen LogP contribution >= 0.6 is 27.5 Å². The molecule has 0 aromatic heterocycles. The maximum atomic E-state index is 13.0. The monoisotopic (exact) mass is 406 g/mol. The van der Waals surface area contributed by atoms with Gasteiger partial charge in [0.15, 0.2) is 11.6 Å². The van der Waals surface area contributed by atoms with E-state index in [-0.39, 0.29) is 11.6 Å². The zero-order chi connectivity index (χ0) is 18.1. The Balaban J connectivity index is 2.40. The maximum absolute atomic E-state index is 13.0. The summed E-state index contributed by atoms with van der Waals surface area (Å²) in [5, 5.41) is 0.508. The highest BCUT2D eigenvalue weighted by atomic mass is 79.9. The van der Waals surface area contributed by atoms with Gasteiger partial charge in [0.05, 0.1) is 0 Å². The number of Topliss-reactive ketones (excluding diaryl/α,β-unsaturated/α-hetero) is 2. The van der Waals surface area contributed by atoms with Gasteiger partial charge in [-0.05, 0) is 24.3 Å². The van der Waals surface area contributed by atoms with E-state index in [1.807, 2.05) is 39.8 Å². The van der Waals surface area contributed by atoms with E-state index in [0.717, 1.165) is 4.47 Å². The Morgan fingerprint density at radius 3 is 1.83 bits per heavy atom. The zero-order valence-corrected chi connectivity index (χ0v) is 16.5. The minimum absolute atomic E-state index is 0.0598. The second-order valence-corrected chi connectivity index (χ2v) is 8.28. The van der Waals surface area contributed by atoms with Gasteiger partial charge in [-0.25, -0.2) is 0 Å². The van der Waals surface area contributed by atoms with Crippen LogP contribution in [0.1, 0.15) is 48.4 Å². The third-order valence-electron chi connectivity index (χ3n) is 4.89. The molecule has 2 aromatic rings. The summed E-state index contributed by atoms with van der Waals surface area (Å²) in [6.07, 6.45) is 0. The summed E-state index contributed by atoms with van der Waals surface area (Å²) in [5.74, 6) is -0.157. The van der Waals surface area contributed by atoms with Crippen molar-refractivity contribution in [2.75, 3.05) is 0 Å². The molecule has 0 N–H and O–H groups in total. The summed E-state index contributed by atoms with van der Waals surface area (Å²) in [5.41, 5.74) is -0.651. The highest BCUT2D eigenvalue weighted by Gasteiger charge is 2.48. The number of carbonyl (C=O) groups is 2. The molecule has 0 radical (unpaired) electrons. The summed E-state index contributed by atoms with van der Waals surface area (Å²) >= 11 is 9.37. The largest absolute Gasteiger partial charge is 0.294 e. The number of ketones is 2. The molecule has 0 aliphatic heterocycles. The fourth-order valence-electron chi connectivity index (χ4n) is 2.52. The van der Waals surface area contributed by atoms with Gasteiger partial charge in [0.1, 0.15) is 0 Å². The summed E-state index contributed by atoms with van der Waals surface area (Å²) < 4.78 is 0.908. The quantitative estimate of drug-likeness (QED) is 0.551.